The first-order chi connectivity index (χ1) is 12.0. The Morgan fingerprint density at radius 3 is 2.60 bits per heavy atom. The molecule has 5 nitrogen and oxygen atoms in total. The lowest BCUT2D eigenvalue weighted by Gasteiger charge is -2.14. The Morgan fingerprint density at radius 1 is 1.16 bits per heavy atom. The third kappa shape index (κ3) is 3.18. The maximum absolute atomic E-state index is 5.63. The van der Waals surface area contributed by atoms with Crippen LogP contribution in [-0.2, 0) is 0 Å². The molecule has 2 heterocycles. The van der Waals surface area contributed by atoms with Crippen LogP contribution in [-0.4, -0.2) is 26.9 Å². The average Bonchev–Trinajstić information content (AvgIpc) is 3.15. The first-order valence-electron chi connectivity index (χ1n) is 8.22. The molecule has 0 amide bonds. The summed E-state index contributed by atoms with van der Waals surface area (Å²) in [5.41, 5.74) is 6.55. The van der Waals surface area contributed by atoms with Gasteiger partial charge in [-0.2, -0.15) is 5.10 Å². The summed E-state index contributed by atoms with van der Waals surface area (Å²) in [6, 6.07) is 7.87. The van der Waals surface area contributed by atoms with Crippen molar-refractivity contribution in [3.63, 3.8) is 0 Å². The van der Waals surface area contributed by atoms with Gasteiger partial charge in [0.05, 0.1) is 35.6 Å². The normalized spacial score (nSPS) is 11.6. The molecule has 0 aliphatic heterocycles. The zero-order chi connectivity index (χ0) is 18.0. The summed E-state index contributed by atoms with van der Waals surface area (Å²) in [5, 5.41) is 4.27. The van der Waals surface area contributed by atoms with Gasteiger partial charge in [0.25, 0.3) is 0 Å². The highest BCUT2D eigenvalue weighted by molar-refractivity contribution is 5.73. The highest BCUT2D eigenvalue weighted by Gasteiger charge is 2.15. The maximum Gasteiger partial charge on any atom is 0.130 e. The monoisotopic (exact) mass is 334 g/mol. The molecule has 0 atom stereocenters. The highest BCUT2D eigenvalue weighted by Crippen LogP contribution is 2.33. The van der Waals surface area contributed by atoms with Crippen LogP contribution in [0.15, 0.2) is 42.7 Å². The van der Waals surface area contributed by atoms with Crippen molar-refractivity contribution in [2.75, 3.05) is 7.11 Å². The van der Waals surface area contributed by atoms with Crippen LogP contribution in [0.2, 0.25) is 0 Å². The van der Waals surface area contributed by atoms with Gasteiger partial charge in [-0.15, -0.1) is 0 Å². The van der Waals surface area contributed by atoms with Gasteiger partial charge in [-0.05, 0) is 51.5 Å². The molecule has 0 radical (unpaired) electrons. The van der Waals surface area contributed by atoms with Crippen molar-refractivity contribution >= 4 is 5.57 Å². The van der Waals surface area contributed by atoms with Gasteiger partial charge in [0.15, 0.2) is 0 Å². The van der Waals surface area contributed by atoms with E-state index in [9.17, 15) is 0 Å². The number of rotatable bonds is 4. The summed E-state index contributed by atoms with van der Waals surface area (Å²) in [6.45, 7) is 8.03. The van der Waals surface area contributed by atoms with E-state index >= 15 is 0 Å². The molecule has 0 aliphatic rings. The molecule has 0 spiro atoms. The summed E-state index contributed by atoms with van der Waals surface area (Å²) in [4.78, 5) is 9.57. The zero-order valence-electron chi connectivity index (χ0n) is 15.2. The van der Waals surface area contributed by atoms with Crippen molar-refractivity contribution < 1.29 is 4.74 Å². The molecule has 0 saturated heterocycles. The summed E-state index contributed by atoms with van der Waals surface area (Å²) in [6.07, 6.45) is 5.70. The predicted octanol–water partition coefficient (Wildman–Crippen LogP) is 4.38. The van der Waals surface area contributed by atoms with Crippen LogP contribution in [0.3, 0.4) is 0 Å². The van der Waals surface area contributed by atoms with Crippen LogP contribution in [0.25, 0.3) is 22.5 Å². The minimum Gasteiger partial charge on any atom is -0.496 e. The quantitative estimate of drug-likeness (QED) is 0.710. The Morgan fingerprint density at radius 2 is 1.96 bits per heavy atom. The van der Waals surface area contributed by atoms with Crippen LogP contribution in [0.4, 0.5) is 0 Å². The van der Waals surface area contributed by atoms with E-state index in [4.69, 9.17) is 14.7 Å². The summed E-state index contributed by atoms with van der Waals surface area (Å²) in [5.74, 6) is 0.748. The van der Waals surface area contributed by atoms with Crippen LogP contribution < -0.4 is 4.74 Å². The molecule has 0 fully saturated rings. The van der Waals surface area contributed by atoms with E-state index in [-0.39, 0.29) is 0 Å². The molecular weight excluding hydrogens is 312 g/mol. The lowest BCUT2D eigenvalue weighted by Crippen LogP contribution is -2.03. The fourth-order valence-corrected chi connectivity index (χ4v) is 2.84. The van der Waals surface area contributed by atoms with Crippen LogP contribution in [0.5, 0.6) is 5.75 Å². The fourth-order valence-electron chi connectivity index (χ4n) is 2.84. The fraction of sp³-hybridized carbons (Fsp3) is 0.250. The minimum atomic E-state index is 0.748. The van der Waals surface area contributed by atoms with Gasteiger partial charge in [-0.25, -0.2) is 9.67 Å². The Hall–Kier alpha value is -2.95. The Labute approximate surface area is 148 Å². The highest BCUT2D eigenvalue weighted by atomic mass is 16.5. The molecule has 2 aromatic heterocycles. The molecule has 3 rings (SSSR count). The summed E-state index contributed by atoms with van der Waals surface area (Å²) >= 11 is 0. The molecule has 1 aromatic carbocycles. The third-order valence-electron chi connectivity index (χ3n) is 4.26. The minimum absolute atomic E-state index is 0.748. The van der Waals surface area contributed by atoms with Crippen molar-refractivity contribution in [2.24, 2.45) is 0 Å². The first kappa shape index (κ1) is 16.9. The van der Waals surface area contributed by atoms with Crippen LogP contribution in [0, 0.1) is 13.8 Å². The smallest absolute Gasteiger partial charge is 0.130 e. The van der Waals surface area contributed by atoms with Crippen molar-refractivity contribution in [3.8, 4) is 22.7 Å². The number of ether oxygens (including phenoxy) is 1. The van der Waals surface area contributed by atoms with E-state index in [1.807, 2.05) is 64.2 Å². The van der Waals surface area contributed by atoms with E-state index in [2.05, 4.69) is 5.10 Å². The molecule has 0 saturated carbocycles. The van der Waals surface area contributed by atoms with Crippen molar-refractivity contribution in [1.29, 1.82) is 0 Å². The van der Waals surface area contributed by atoms with E-state index < -0.39 is 0 Å². The first-order valence-corrected chi connectivity index (χ1v) is 8.22. The van der Waals surface area contributed by atoms with Crippen molar-refractivity contribution in [2.45, 2.75) is 27.7 Å². The molecule has 25 heavy (non-hydrogen) atoms. The lowest BCUT2D eigenvalue weighted by molar-refractivity contribution is 0.416. The predicted molar refractivity (Wildman–Crippen MR) is 99.9 cm³/mol. The molecule has 0 unspecified atom stereocenters. The Bertz CT molecular complexity index is 927. The number of benzene rings is 1. The largest absolute Gasteiger partial charge is 0.496 e. The topological polar surface area (TPSA) is 52.8 Å². The standard InChI is InChI=1S/C20H22N4O/c1-6-13(2)19-14(3)22-15(4)20(23-19)17-9-8-16(12-18(17)25-5)24-11-7-10-21-24/h6-12H,1-5H3/b13-6-. The molecule has 5 heteroatoms. The number of nitrogens with zero attached hydrogens (tertiary/aromatic N) is 4. The Balaban J connectivity index is 2.16. The van der Waals surface area contributed by atoms with E-state index in [1.54, 1.807) is 18.0 Å². The van der Waals surface area contributed by atoms with Gasteiger partial charge in [0.1, 0.15) is 5.75 Å². The van der Waals surface area contributed by atoms with Crippen molar-refractivity contribution in [1.82, 2.24) is 19.7 Å². The SMILES string of the molecule is C/C=C(/C)c1nc(-c2ccc(-n3cccn3)cc2OC)c(C)nc1C. The second-order valence-electron chi connectivity index (χ2n) is 5.90. The maximum atomic E-state index is 5.63. The van der Waals surface area contributed by atoms with Gasteiger partial charge in [0, 0.05) is 24.0 Å². The molecule has 0 aliphatic carbocycles. The Kier molecular flexibility index (Phi) is 4.65. The molecule has 0 bridgehead atoms. The lowest BCUT2D eigenvalue weighted by atomic mass is 10.1. The number of hydrogen-bond donors (Lipinski definition) is 0. The molecule has 128 valence electrons. The number of hydrogen-bond acceptors (Lipinski definition) is 4. The molecule has 3 aromatic rings. The van der Waals surface area contributed by atoms with Gasteiger partial charge < -0.3 is 4.74 Å². The van der Waals surface area contributed by atoms with Gasteiger partial charge in [-0.1, -0.05) is 6.08 Å². The zero-order valence-corrected chi connectivity index (χ0v) is 15.2. The van der Waals surface area contributed by atoms with E-state index in [0.717, 1.165) is 45.3 Å². The van der Waals surface area contributed by atoms with Crippen LogP contribution in [0.1, 0.15) is 30.9 Å². The van der Waals surface area contributed by atoms with E-state index in [0.29, 0.717) is 0 Å². The number of methoxy groups -OCH3 is 1. The van der Waals surface area contributed by atoms with Gasteiger partial charge >= 0.3 is 0 Å². The third-order valence-corrected chi connectivity index (χ3v) is 4.26. The molecule has 0 N–H and O–H groups in total. The second kappa shape index (κ2) is 6.89. The van der Waals surface area contributed by atoms with Gasteiger partial charge in [0.2, 0.25) is 0 Å². The molecular formula is C20H22N4O. The van der Waals surface area contributed by atoms with Gasteiger partial charge in [-0.3, -0.25) is 4.98 Å². The van der Waals surface area contributed by atoms with E-state index in [1.165, 1.54) is 0 Å². The number of aryl methyl sites for hydroxylation is 2. The number of allylic oxidation sites excluding steroid dienone is 2. The summed E-state index contributed by atoms with van der Waals surface area (Å²) in [7, 11) is 1.67. The summed E-state index contributed by atoms with van der Waals surface area (Å²) < 4.78 is 7.43. The second-order valence-corrected chi connectivity index (χ2v) is 5.90. The van der Waals surface area contributed by atoms with Crippen molar-refractivity contribution in [3.05, 3.63) is 59.8 Å². The average molecular weight is 334 g/mol. The van der Waals surface area contributed by atoms with Crippen LogP contribution >= 0.6 is 0 Å². The number of aromatic nitrogens is 4.